The van der Waals surface area contributed by atoms with Crippen LogP contribution in [0.25, 0.3) is 0 Å². The first kappa shape index (κ1) is 18.8. The monoisotopic (exact) mass is 333 g/mol. The van der Waals surface area contributed by atoms with Crippen LogP contribution in [0.3, 0.4) is 0 Å². The molecular formula is C20H31NO3. The summed E-state index contributed by atoms with van der Waals surface area (Å²) in [7, 11) is 0. The zero-order valence-electron chi connectivity index (χ0n) is 15.3. The molecule has 0 spiro atoms. The Morgan fingerprint density at radius 2 is 1.88 bits per heavy atom. The first-order chi connectivity index (χ1) is 11.6. The smallest absolute Gasteiger partial charge is 0.161 e. The maximum Gasteiger partial charge on any atom is 0.161 e. The van der Waals surface area contributed by atoms with Gasteiger partial charge in [0.15, 0.2) is 11.5 Å². The maximum atomic E-state index is 10.9. The fraction of sp³-hybridized carbons (Fsp3) is 0.650. The summed E-state index contributed by atoms with van der Waals surface area (Å²) in [6.45, 7) is 11.5. The number of likely N-dealkylation sites (tertiary alicyclic amines) is 1. The Hall–Kier alpha value is -1.55. The Bertz CT molecular complexity index is 508. The molecule has 1 aliphatic rings. The molecule has 1 saturated heterocycles. The van der Waals surface area contributed by atoms with Crippen LogP contribution in [0.2, 0.25) is 0 Å². The van der Waals surface area contributed by atoms with Gasteiger partial charge in [0.25, 0.3) is 0 Å². The molecule has 24 heavy (non-hydrogen) atoms. The van der Waals surface area contributed by atoms with Crippen LogP contribution in [-0.2, 0) is 0 Å². The highest BCUT2D eigenvalue weighted by molar-refractivity contribution is 5.76. The van der Waals surface area contributed by atoms with Crippen LogP contribution in [0.1, 0.15) is 50.4 Å². The van der Waals surface area contributed by atoms with E-state index in [2.05, 4.69) is 18.7 Å². The van der Waals surface area contributed by atoms with E-state index in [9.17, 15) is 4.79 Å². The number of hydrogen-bond donors (Lipinski definition) is 0. The summed E-state index contributed by atoms with van der Waals surface area (Å²) in [6, 6.07) is 5.33. The summed E-state index contributed by atoms with van der Waals surface area (Å²) in [5.74, 6) is 3.01. The highest BCUT2D eigenvalue weighted by atomic mass is 16.5. The van der Waals surface area contributed by atoms with Gasteiger partial charge in [0.05, 0.1) is 13.2 Å². The Balaban J connectivity index is 1.73. The number of benzene rings is 1. The largest absolute Gasteiger partial charge is 0.490 e. The van der Waals surface area contributed by atoms with Crippen LogP contribution in [-0.4, -0.2) is 44.0 Å². The van der Waals surface area contributed by atoms with Gasteiger partial charge < -0.3 is 14.4 Å². The lowest BCUT2D eigenvalue weighted by Gasteiger charge is -2.34. The minimum Gasteiger partial charge on any atom is -0.490 e. The van der Waals surface area contributed by atoms with Crippen LogP contribution in [0.5, 0.6) is 11.5 Å². The lowest BCUT2D eigenvalue weighted by Crippen LogP contribution is -2.39. The van der Waals surface area contributed by atoms with Crippen molar-refractivity contribution >= 4 is 6.29 Å². The molecule has 2 rings (SSSR count). The fourth-order valence-corrected chi connectivity index (χ4v) is 3.58. The van der Waals surface area contributed by atoms with Gasteiger partial charge in [-0.2, -0.15) is 0 Å². The van der Waals surface area contributed by atoms with E-state index in [0.29, 0.717) is 24.5 Å². The van der Waals surface area contributed by atoms with Crippen molar-refractivity contribution in [1.29, 1.82) is 0 Å². The minimum absolute atomic E-state index is 0.560. The second-order valence-corrected chi connectivity index (χ2v) is 7.02. The van der Waals surface area contributed by atoms with E-state index in [1.165, 1.54) is 19.5 Å². The van der Waals surface area contributed by atoms with Gasteiger partial charge in [-0.05, 0) is 62.8 Å². The molecule has 4 heteroatoms. The van der Waals surface area contributed by atoms with E-state index in [4.69, 9.17) is 9.47 Å². The zero-order valence-corrected chi connectivity index (χ0v) is 15.3. The Labute approximate surface area is 146 Å². The van der Waals surface area contributed by atoms with E-state index in [1.807, 2.05) is 13.0 Å². The van der Waals surface area contributed by atoms with Crippen molar-refractivity contribution in [2.24, 2.45) is 11.8 Å². The van der Waals surface area contributed by atoms with Gasteiger partial charge in [0.1, 0.15) is 6.29 Å². The second-order valence-electron chi connectivity index (χ2n) is 7.02. The van der Waals surface area contributed by atoms with E-state index < -0.39 is 0 Å². The van der Waals surface area contributed by atoms with Crippen LogP contribution >= 0.6 is 0 Å². The van der Waals surface area contributed by atoms with Crippen molar-refractivity contribution in [2.45, 2.75) is 40.0 Å². The molecule has 0 aromatic heterocycles. The summed E-state index contributed by atoms with van der Waals surface area (Å²) in [5.41, 5.74) is 0.610. The van der Waals surface area contributed by atoms with Crippen molar-refractivity contribution in [3.05, 3.63) is 23.8 Å². The average molecular weight is 333 g/mol. The summed E-state index contributed by atoms with van der Waals surface area (Å²) < 4.78 is 11.4. The molecule has 1 aromatic carbocycles. The molecule has 1 aromatic rings. The lowest BCUT2D eigenvalue weighted by atomic mass is 9.92. The molecule has 0 unspecified atom stereocenters. The third-order valence-corrected chi connectivity index (χ3v) is 4.47. The van der Waals surface area contributed by atoms with Gasteiger partial charge in [0.2, 0.25) is 0 Å². The van der Waals surface area contributed by atoms with Crippen LogP contribution in [0.4, 0.5) is 0 Å². The molecule has 2 atom stereocenters. The van der Waals surface area contributed by atoms with E-state index in [0.717, 1.165) is 43.3 Å². The summed E-state index contributed by atoms with van der Waals surface area (Å²) >= 11 is 0. The van der Waals surface area contributed by atoms with E-state index in [1.54, 1.807) is 12.1 Å². The highest BCUT2D eigenvalue weighted by Gasteiger charge is 2.20. The highest BCUT2D eigenvalue weighted by Crippen LogP contribution is 2.28. The predicted octanol–water partition coefficient (Wildman–Crippen LogP) is 4.03. The maximum absolute atomic E-state index is 10.9. The number of piperidine rings is 1. The van der Waals surface area contributed by atoms with Crippen LogP contribution in [0.15, 0.2) is 18.2 Å². The molecule has 134 valence electrons. The van der Waals surface area contributed by atoms with Crippen molar-refractivity contribution in [3.8, 4) is 11.5 Å². The summed E-state index contributed by atoms with van der Waals surface area (Å²) in [6.07, 6.45) is 4.36. The number of nitrogens with zero attached hydrogens (tertiary/aromatic N) is 1. The van der Waals surface area contributed by atoms with Crippen LogP contribution < -0.4 is 9.47 Å². The molecule has 1 fully saturated rings. The molecule has 0 bridgehead atoms. The predicted molar refractivity (Wildman–Crippen MR) is 97.1 cm³/mol. The summed E-state index contributed by atoms with van der Waals surface area (Å²) in [5, 5.41) is 0. The first-order valence-corrected chi connectivity index (χ1v) is 9.19. The first-order valence-electron chi connectivity index (χ1n) is 9.19. The van der Waals surface area contributed by atoms with Gasteiger partial charge in [-0.15, -0.1) is 0 Å². The average Bonchev–Trinajstić information content (AvgIpc) is 2.55. The third kappa shape index (κ3) is 5.82. The van der Waals surface area contributed by atoms with Gasteiger partial charge >= 0.3 is 0 Å². The van der Waals surface area contributed by atoms with Gasteiger partial charge in [-0.1, -0.05) is 13.8 Å². The molecule has 0 N–H and O–H groups in total. The fourth-order valence-electron chi connectivity index (χ4n) is 3.58. The summed E-state index contributed by atoms with van der Waals surface area (Å²) in [4.78, 5) is 13.5. The standard InChI is InChI=1S/C20H31NO3/c1-4-23-20-12-18(15-22)7-8-19(20)24-10-6-5-9-21-13-16(2)11-17(3)14-21/h7-8,12,15-17H,4-6,9-11,13-14H2,1-3H3/t16-,17-/m1/s1. The molecule has 0 aliphatic carbocycles. The Kier molecular flexibility index (Phi) is 7.57. The van der Waals surface area contributed by atoms with E-state index >= 15 is 0 Å². The zero-order chi connectivity index (χ0) is 17.4. The van der Waals surface area contributed by atoms with E-state index in [-0.39, 0.29) is 0 Å². The number of hydrogen-bond acceptors (Lipinski definition) is 4. The lowest BCUT2D eigenvalue weighted by molar-refractivity contribution is 0.112. The normalized spacial score (nSPS) is 21.5. The van der Waals surface area contributed by atoms with Crippen molar-refractivity contribution < 1.29 is 14.3 Å². The molecule has 0 amide bonds. The van der Waals surface area contributed by atoms with Crippen molar-refractivity contribution in [1.82, 2.24) is 4.90 Å². The number of carbonyl (C=O) groups is 1. The second kappa shape index (κ2) is 9.67. The number of ether oxygens (including phenoxy) is 2. The molecule has 1 heterocycles. The Morgan fingerprint density at radius 1 is 1.12 bits per heavy atom. The van der Waals surface area contributed by atoms with Crippen molar-refractivity contribution in [3.63, 3.8) is 0 Å². The van der Waals surface area contributed by atoms with Gasteiger partial charge in [0, 0.05) is 18.7 Å². The number of unbranched alkanes of at least 4 members (excludes halogenated alkanes) is 1. The molecule has 4 nitrogen and oxygen atoms in total. The van der Waals surface area contributed by atoms with Gasteiger partial charge in [-0.25, -0.2) is 0 Å². The SMILES string of the molecule is CCOc1cc(C=O)ccc1OCCCCN1C[C@H](C)C[C@@H](C)C1. The number of aldehydes is 1. The molecular weight excluding hydrogens is 302 g/mol. The number of rotatable bonds is 9. The Morgan fingerprint density at radius 3 is 2.54 bits per heavy atom. The number of carbonyl (C=O) groups excluding carboxylic acids is 1. The van der Waals surface area contributed by atoms with Gasteiger partial charge in [-0.3, -0.25) is 4.79 Å². The molecule has 1 aliphatic heterocycles. The van der Waals surface area contributed by atoms with Crippen LogP contribution in [0, 0.1) is 11.8 Å². The minimum atomic E-state index is 0.560. The topological polar surface area (TPSA) is 38.8 Å². The van der Waals surface area contributed by atoms with Crippen molar-refractivity contribution in [2.75, 3.05) is 32.8 Å². The molecule has 0 radical (unpaired) electrons. The third-order valence-electron chi connectivity index (χ3n) is 4.47. The quantitative estimate of drug-likeness (QED) is 0.505. The molecule has 0 saturated carbocycles.